The number of nitrogens with one attached hydrogen (secondary N) is 1. The van der Waals surface area contributed by atoms with Crippen LogP contribution in [0.3, 0.4) is 0 Å². The zero-order valence-corrected chi connectivity index (χ0v) is 14.8. The molecule has 0 aliphatic heterocycles. The molecule has 0 bridgehead atoms. The van der Waals surface area contributed by atoms with Gasteiger partial charge in [-0.2, -0.15) is 0 Å². The van der Waals surface area contributed by atoms with Gasteiger partial charge in [-0.3, -0.25) is 0 Å². The second kappa shape index (κ2) is 8.49. The number of rotatable bonds is 8. The molecule has 0 radical (unpaired) electrons. The van der Waals surface area contributed by atoms with Crippen LogP contribution in [-0.2, 0) is 13.0 Å². The Hall–Kier alpha value is -2.59. The van der Waals surface area contributed by atoms with Crippen molar-refractivity contribution in [3.8, 4) is 17.1 Å². The molecule has 2 aromatic carbocycles. The van der Waals surface area contributed by atoms with E-state index in [9.17, 15) is 0 Å². The number of benzene rings is 2. The third-order valence-electron chi connectivity index (χ3n) is 4.18. The van der Waals surface area contributed by atoms with E-state index in [4.69, 9.17) is 9.26 Å². The van der Waals surface area contributed by atoms with Gasteiger partial charge in [-0.1, -0.05) is 42.4 Å². The highest BCUT2D eigenvalue weighted by Crippen LogP contribution is 2.27. The Morgan fingerprint density at radius 3 is 2.52 bits per heavy atom. The van der Waals surface area contributed by atoms with Crippen LogP contribution in [0.25, 0.3) is 11.3 Å². The Morgan fingerprint density at radius 2 is 1.80 bits per heavy atom. The van der Waals surface area contributed by atoms with Crippen LogP contribution in [0.4, 0.5) is 0 Å². The maximum atomic E-state index is 5.83. The molecule has 3 aromatic rings. The lowest BCUT2D eigenvalue weighted by molar-refractivity contribution is 0.322. The van der Waals surface area contributed by atoms with Gasteiger partial charge in [0, 0.05) is 24.1 Å². The molecular formula is C21H24N2O2. The molecule has 0 unspecified atom stereocenters. The highest BCUT2D eigenvalue weighted by molar-refractivity contribution is 5.62. The fourth-order valence-corrected chi connectivity index (χ4v) is 2.68. The second-order valence-electron chi connectivity index (χ2n) is 5.97. The molecule has 25 heavy (non-hydrogen) atoms. The Labute approximate surface area is 148 Å². The van der Waals surface area contributed by atoms with E-state index in [1.54, 1.807) is 0 Å². The van der Waals surface area contributed by atoms with Gasteiger partial charge < -0.3 is 14.6 Å². The van der Waals surface area contributed by atoms with E-state index in [0.29, 0.717) is 6.61 Å². The summed E-state index contributed by atoms with van der Waals surface area (Å²) < 4.78 is 11.4. The van der Waals surface area contributed by atoms with Crippen LogP contribution >= 0.6 is 0 Å². The Balaban J connectivity index is 1.59. The lowest BCUT2D eigenvalue weighted by Crippen LogP contribution is -2.12. The standard InChI is InChI=1S/C21H24N2O2/c1-3-22-15-20-16(2)21(25-23-20)18-9-11-19(12-10-18)24-14-13-17-7-5-4-6-8-17/h4-12,22H,3,13-15H2,1-2H3. The average molecular weight is 336 g/mol. The minimum atomic E-state index is 0.664. The first kappa shape index (κ1) is 17.2. The van der Waals surface area contributed by atoms with Crippen LogP contribution in [0.1, 0.15) is 23.7 Å². The van der Waals surface area contributed by atoms with Crippen LogP contribution in [0, 0.1) is 6.92 Å². The van der Waals surface area contributed by atoms with E-state index in [2.05, 4.69) is 29.5 Å². The Kier molecular flexibility index (Phi) is 5.86. The van der Waals surface area contributed by atoms with Crippen molar-refractivity contribution in [1.82, 2.24) is 10.5 Å². The number of ether oxygens (including phenoxy) is 1. The van der Waals surface area contributed by atoms with E-state index >= 15 is 0 Å². The van der Waals surface area contributed by atoms with Crippen LogP contribution in [0.5, 0.6) is 5.75 Å². The third kappa shape index (κ3) is 4.48. The monoisotopic (exact) mass is 336 g/mol. The zero-order valence-electron chi connectivity index (χ0n) is 14.8. The molecule has 0 atom stereocenters. The van der Waals surface area contributed by atoms with Crippen molar-refractivity contribution in [3.63, 3.8) is 0 Å². The molecule has 4 nitrogen and oxygen atoms in total. The number of aromatic nitrogens is 1. The van der Waals surface area contributed by atoms with E-state index in [0.717, 1.165) is 47.8 Å². The summed E-state index contributed by atoms with van der Waals surface area (Å²) in [6.07, 6.45) is 0.900. The lowest BCUT2D eigenvalue weighted by atomic mass is 10.1. The zero-order chi connectivity index (χ0) is 17.5. The summed E-state index contributed by atoms with van der Waals surface area (Å²) in [5.74, 6) is 1.69. The SMILES string of the molecule is CCNCc1noc(-c2ccc(OCCc3ccccc3)cc2)c1C. The summed E-state index contributed by atoms with van der Waals surface area (Å²) in [5, 5.41) is 7.44. The van der Waals surface area contributed by atoms with Gasteiger partial charge in [0.25, 0.3) is 0 Å². The fourth-order valence-electron chi connectivity index (χ4n) is 2.68. The first-order valence-electron chi connectivity index (χ1n) is 8.71. The van der Waals surface area contributed by atoms with Gasteiger partial charge in [-0.05, 0) is 43.3 Å². The van der Waals surface area contributed by atoms with E-state index in [1.807, 2.05) is 49.4 Å². The van der Waals surface area contributed by atoms with E-state index in [-0.39, 0.29) is 0 Å². The van der Waals surface area contributed by atoms with Crippen LogP contribution in [-0.4, -0.2) is 18.3 Å². The van der Waals surface area contributed by atoms with Gasteiger partial charge in [-0.15, -0.1) is 0 Å². The Morgan fingerprint density at radius 1 is 1.04 bits per heavy atom. The first-order valence-corrected chi connectivity index (χ1v) is 8.71. The summed E-state index contributed by atoms with van der Waals surface area (Å²) in [6, 6.07) is 18.3. The smallest absolute Gasteiger partial charge is 0.170 e. The molecule has 0 saturated heterocycles. The quantitative estimate of drug-likeness (QED) is 0.663. The van der Waals surface area contributed by atoms with Gasteiger partial charge in [0.15, 0.2) is 5.76 Å². The molecule has 0 amide bonds. The highest BCUT2D eigenvalue weighted by Gasteiger charge is 2.13. The molecule has 0 aliphatic carbocycles. The number of hydrogen-bond acceptors (Lipinski definition) is 4. The summed E-state index contributed by atoms with van der Waals surface area (Å²) in [5.41, 5.74) is 4.34. The minimum Gasteiger partial charge on any atom is -0.493 e. The maximum absolute atomic E-state index is 5.83. The van der Waals surface area contributed by atoms with Crippen molar-refractivity contribution < 1.29 is 9.26 Å². The van der Waals surface area contributed by atoms with Crippen LogP contribution in [0.2, 0.25) is 0 Å². The van der Waals surface area contributed by atoms with Gasteiger partial charge in [0.1, 0.15) is 11.4 Å². The van der Waals surface area contributed by atoms with Gasteiger partial charge in [-0.25, -0.2) is 0 Å². The molecule has 130 valence electrons. The Bertz CT molecular complexity index is 779. The van der Waals surface area contributed by atoms with Crippen molar-refractivity contribution in [1.29, 1.82) is 0 Å². The summed E-state index contributed by atoms with van der Waals surface area (Å²) in [7, 11) is 0. The molecular weight excluding hydrogens is 312 g/mol. The second-order valence-corrected chi connectivity index (χ2v) is 5.97. The molecule has 1 aromatic heterocycles. The maximum Gasteiger partial charge on any atom is 0.170 e. The minimum absolute atomic E-state index is 0.664. The molecule has 3 rings (SSSR count). The average Bonchev–Trinajstić information content (AvgIpc) is 3.02. The lowest BCUT2D eigenvalue weighted by Gasteiger charge is -2.07. The van der Waals surface area contributed by atoms with Crippen molar-refractivity contribution in [2.45, 2.75) is 26.8 Å². The molecule has 1 N–H and O–H groups in total. The predicted molar refractivity (Wildman–Crippen MR) is 99.7 cm³/mol. The summed E-state index contributed by atoms with van der Waals surface area (Å²) in [6.45, 7) is 6.43. The molecule has 0 saturated carbocycles. The van der Waals surface area contributed by atoms with Crippen molar-refractivity contribution in [3.05, 3.63) is 71.4 Å². The molecule has 0 aliphatic rings. The van der Waals surface area contributed by atoms with E-state index in [1.165, 1.54) is 5.56 Å². The van der Waals surface area contributed by atoms with Gasteiger partial charge in [0.2, 0.25) is 0 Å². The summed E-state index contributed by atoms with van der Waals surface area (Å²) >= 11 is 0. The fraction of sp³-hybridized carbons (Fsp3) is 0.286. The largest absolute Gasteiger partial charge is 0.493 e. The van der Waals surface area contributed by atoms with Crippen molar-refractivity contribution in [2.75, 3.05) is 13.2 Å². The molecule has 4 heteroatoms. The summed E-state index contributed by atoms with van der Waals surface area (Å²) in [4.78, 5) is 0. The molecule has 0 spiro atoms. The van der Waals surface area contributed by atoms with E-state index < -0.39 is 0 Å². The topological polar surface area (TPSA) is 47.3 Å². The normalized spacial score (nSPS) is 10.8. The van der Waals surface area contributed by atoms with Crippen LogP contribution < -0.4 is 10.1 Å². The van der Waals surface area contributed by atoms with Crippen molar-refractivity contribution >= 4 is 0 Å². The predicted octanol–water partition coefficient (Wildman–Crippen LogP) is 4.38. The first-order chi connectivity index (χ1) is 12.3. The van der Waals surface area contributed by atoms with Crippen molar-refractivity contribution in [2.24, 2.45) is 0 Å². The van der Waals surface area contributed by atoms with Crippen LogP contribution in [0.15, 0.2) is 59.1 Å². The number of nitrogens with zero attached hydrogens (tertiary/aromatic N) is 1. The highest BCUT2D eigenvalue weighted by atomic mass is 16.5. The van der Waals surface area contributed by atoms with Gasteiger partial charge in [0.05, 0.1) is 6.61 Å². The molecule has 1 heterocycles. The molecule has 0 fully saturated rings. The number of hydrogen-bond donors (Lipinski definition) is 1. The third-order valence-corrected chi connectivity index (χ3v) is 4.18. The van der Waals surface area contributed by atoms with Gasteiger partial charge >= 0.3 is 0 Å².